The van der Waals surface area contributed by atoms with Crippen molar-refractivity contribution in [2.75, 3.05) is 7.05 Å². The molecule has 2 aromatic carbocycles. The van der Waals surface area contributed by atoms with Crippen molar-refractivity contribution < 1.29 is 4.79 Å². The highest BCUT2D eigenvalue weighted by Crippen LogP contribution is 2.16. The number of hydrogen-bond acceptors (Lipinski definition) is 3. The van der Waals surface area contributed by atoms with Gasteiger partial charge in [0.05, 0.1) is 11.7 Å². The molecule has 134 valence electrons. The van der Waals surface area contributed by atoms with E-state index < -0.39 is 0 Å². The van der Waals surface area contributed by atoms with E-state index in [0.717, 1.165) is 16.8 Å². The second-order valence-electron chi connectivity index (χ2n) is 6.09. The van der Waals surface area contributed by atoms with Crippen molar-refractivity contribution >= 4 is 17.6 Å². The van der Waals surface area contributed by atoms with Gasteiger partial charge in [0.15, 0.2) is 0 Å². The minimum Gasteiger partial charge on any atom is -0.331 e. The van der Waals surface area contributed by atoms with Crippen LogP contribution in [0.3, 0.4) is 0 Å². The number of hydrogen-bond donors (Lipinski definition) is 1. The molecule has 0 bridgehead atoms. The molecule has 0 fully saturated rings. The first-order chi connectivity index (χ1) is 12.5. The third kappa shape index (κ3) is 4.40. The van der Waals surface area contributed by atoms with Crippen LogP contribution in [0.4, 0.5) is 4.79 Å². The van der Waals surface area contributed by atoms with Gasteiger partial charge < -0.3 is 10.2 Å². The molecular weight excluding hydrogens is 350 g/mol. The number of aromatic nitrogens is 3. The first-order valence-corrected chi connectivity index (χ1v) is 8.62. The van der Waals surface area contributed by atoms with Crippen molar-refractivity contribution in [3.8, 4) is 5.69 Å². The molecule has 6 nitrogen and oxygen atoms in total. The molecule has 0 aliphatic heterocycles. The maximum Gasteiger partial charge on any atom is 0.317 e. The van der Waals surface area contributed by atoms with Gasteiger partial charge in [-0.3, -0.25) is 0 Å². The number of halogens is 1. The molecule has 1 heterocycles. The van der Waals surface area contributed by atoms with E-state index in [1.165, 1.54) is 6.33 Å². The van der Waals surface area contributed by atoms with Crippen LogP contribution < -0.4 is 5.32 Å². The second-order valence-corrected chi connectivity index (χ2v) is 6.52. The topological polar surface area (TPSA) is 63.1 Å². The van der Waals surface area contributed by atoms with Crippen LogP contribution in [0, 0.1) is 0 Å². The standard InChI is InChI=1S/C19H20ClN5O/c1-14(16-5-9-18(10-6-16)25-13-21-12-22-25)23-19(26)24(2)11-15-3-7-17(20)8-4-15/h3-10,12-14H,11H2,1-2H3,(H,23,26). The summed E-state index contributed by atoms with van der Waals surface area (Å²) in [6.07, 6.45) is 3.14. The van der Waals surface area contributed by atoms with Crippen LogP contribution in [-0.4, -0.2) is 32.7 Å². The molecule has 26 heavy (non-hydrogen) atoms. The number of nitrogens with zero attached hydrogens (tertiary/aromatic N) is 4. The van der Waals surface area contributed by atoms with E-state index in [4.69, 9.17) is 11.6 Å². The van der Waals surface area contributed by atoms with Crippen molar-refractivity contribution in [3.63, 3.8) is 0 Å². The highest BCUT2D eigenvalue weighted by Gasteiger charge is 2.14. The maximum absolute atomic E-state index is 12.4. The fraction of sp³-hybridized carbons (Fsp3) is 0.211. The van der Waals surface area contributed by atoms with E-state index in [1.54, 1.807) is 23.0 Å². The summed E-state index contributed by atoms with van der Waals surface area (Å²) in [7, 11) is 1.77. The number of urea groups is 1. The van der Waals surface area contributed by atoms with Crippen LogP contribution in [-0.2, 0) is 6.54 Å². The van der Waals surface area contributed by atoms with E-state index in [2.05, 4.69) is 15.4 Å². The third-order valence-corrected chi connectivity index (χ3v) is 4.35. The van der Waals surface area contributed by atoms with Crippen molar-refractivity contribution in [3.05, 3.63) is 77.3 Å². The molecule has 0 spiro atoms. The molecule has 0 saturated carbocycles. The lowest BCUT2D eigenvalue weighted by Crippen LogP contribution is -2.38. The SMILES string of the molecule is CC(NC(=O)N(C)Cc1ccc(Cl)cc1)c1ccc(-n2cncn2)cc1. The second kappa shape index (κ2) is 8.01. The fourth-order valence-corrected chi connectivity index (χ4v) is 2.70. The molecule has 2 amide bonds. The van der Waals surface area contributed by atoms with Gasteiger partial charge in [0.25, 0.3) is 0 Å². The van der Waals surface area contributed by atoms with E-state index in [9.17, 15) is 4.79 Å². The molecule has 1 N–H and O–H groups in total. The summed E-state index contributed by atoms with van der Waals surface area (Å²) in [4.78, 5) is 18.0. The van der Waals surface area contributed by atoms with Gasteiger partial charge in [0.1, 0.15) is 12.7 Å². The Hall–Kier alpha value is -2.86. The maximum atomic E-state index is 12.4. The number of amides is 2. The normalized spacial score (nSPS) is 11.8. The van der Waals surface area contributed by atoms with Crippen LogP contribution in [0.1, 0.15) is 24.1 Å². The summed E-state index contributed by atoms with van der Waals surface area (Å²) in [5, 5.41) is 7.79. The molecule has 0 aliphatic carbocycles. The van der Waals surface area contributed by atoms with Crippen molar-refractivity contribution in [1.29, 1.82) is 0 Å². The lowest BCUT2D eigenvalue weighted by Gasteiger charge is -2.22. The van der Waals surface area contributed by atoms with Gasteiger partial charge in [-0.25, -0.2) is 14.5 Å². The summed E-state index contributed by atoms with van der Waals surface area (Å²) in [6, 6.07) is 15.1. The fourth-order valence-electron chi connectivity index (χ4n) is 2.57. The molecule has 0 radical (unpaired) electrons. The average molecular weight is 370 g/mol. The summed E-state index contributed by atoms with van der Waals surface area (Å²) in [6.45, 7) is 2.47. The van der Waals surface area contributed by atoms with Crippen LogP contribution in [0.15, 0.2) is 61.2 Å². The lowest BCUT2D eigenvalue weighted by atomic mass is 10.1. The molecule has 1 atom stereocenters. The Balaban J connectivity index is 1.58. The zero-order valence-electron chi connectivity index (χ0n) is 14.6. The summed E-state index contributed by atoms with van der Waals surface area (Å²) >= 11 is 5.89. The van der Waals surface area contributed by atoms with Gasteiger partial charge in [0.2, 0.25) is 0 Å². The summed E-state index contributed by atoms with van der Waals surface area (Å²) in [5.41, 5.74) is 2.96. The summed E-state index contributed by atoms with van der Waals surface area (Å²) in [5.74, 6) is 0. The molecule has 1 aromatic heterocycles. The van der Waals surface area contributed by atoms with E-state index in [0.29, 0.717) is 11.6 Å². The predicted molar refractivity (Wildman–Crippen MR) is 101 cm³/mol. The molecule has 7 heteroatoms. The Bertz CT molecular complexity index is 847. The monoisotopic (exact) mass is 369 g/mol. The number of carbonyl (C=O) groups excluding carboxylic acids is 1. The smallest absolute Gasteiger partial charge is 0.317 e. The van der Waals surface area contributed by atoms with Gasteiger partial charge in [-0.2, -0.15) is 5.10 Å². The Morgan fingerprint density at radius 2 is 1.88 bits per heavy atom. The molecular formula is C19H20ClN5O. The highest BCUT2D eigenvalue weighted by molar-refractivity contribution is 6.30. The van der Waals surface area contributed by atoms with Crippen LogP contribution >= 0.6 is 11.6 Å². The van der Waals surface area contributed by atoms with E-state index in [1.807, 2.05) is 55.5 Å². The predicted octanol–water partition coefficient (Wildman–Crippen LogP) is 3.82. The molecule has 0 aliphatic rings. The molecule has 1 unspecified atom stereocenters. The quantitative estimate of drug-likeness (QED) is 0.743. The molecule has 3 aromatic rings. The van der Waals surface area contributed by atoms with Crippen LogP contribution in [0.25, 0.3) is 5.69 Å². The summed E-state index contributed by atoms with van der Waals surface area (Å²) < 4.78 is 1.69. The van der Waals surface area contributed by atoms with Crippen molar-refractivity contribution in [1.82, 2.24) is 25.0 Å². The van der Waals surface area contributed by atoms with Gasteiger partial charge in [-0.1, -0.05) is 35.9 Å². The zero-order valence-corrected chi connectivity index (χ0v) is 15.4. The average Bonchev–Trinajstić information content (AvgIpc) is 3.18. The first kappa shape index (κ1) is 17.9. The van der Waals surface area contributed by atoms with Gasteiger partial charge in [-0.05, 0) is 42.3 Å². The molecule has 0 saturated heterocycles. The largest absolute Gasteiger partial charge is 0.331 e. The van der Waals surface area contributed by atoms with E-state index >= 15 is 0 Å². The minimum atomic E-state index is -0.132. The van der Waals surface area contributed by atoms with Gasteiger partial charge in [0, 0.05) is 18.6 Å². The number of carbonyl (C=O) groups is 1. The van der Waals surface area contributed by atoms with E-state index in [-0.39, 0.29) is 12.1 Å². The highest BCUT2D eigenvalue weighted by atomic mass is 35.5. The third-order valence-electron chi connectivity index (χ3n) is 4.10. The Morgan fingerprint density at radius 3 is 2.50 bits per heavy atom. The van der Waals surface area contributed by atoms with Gasteiger partial charge in [-0.15, -0.1) is 0 Å². The van der Waals surface area contributed by atoms with Gasteiger partial charge >= 0.3 is 6.03 Å². The number of benzene rings is 2. The van der Waals surface area contributed by atoms with Crippen molar-refractivity contribution in [2.24, 2.45) is 0 Å². The minimum absolute atomic E-state index is 0.111. The first-order valence-electron chi connectivity index (χ1n) is 8.24. The number of rotatable bonds is 5. The zero-order chi connectivity index (χ0) is 18.5. The number of nitrogens with one attached hydrogen (secondary N) is 1. The Kier molecular flexibility index (Phi) is 5.53. The van der Waals surface area contributed by atoms with Crippen LogP contribution in [0.2, 0.25) is 5.02 Å². The Labute approximate surface area is 157 Å². The Morgan fingerprint density at radius 1 is 1.19 bits per heavy atom. The molecule has 3 rings (SSSR count). The van der Waals surface area contributed by atoms with Crippen molar-refractivity contribution in [2.45, 2.75) is 19.5 Å². The lowest BCUT2D eigenvalue weighted by molar-refractivity contribution is 0.203. The van der Waals surface area contributed by atoms with Crippen LogP contribution in [0.5, 0.6) is 0 Å².